The molecule has 1 aromatic heterocycles. The van der Waals surface area contributed by atoms with Crippen LogP contribution < -0.4 is 0 Å². The quantitative estimate of drug-likeness (QED) is 0.399. The second kappa shape index (κ2) is 12.6. The molecule has 0 N–H and O–H groups in total. The number of hydrogen-bond donors (Lipinski definition) is 0. The summed E-state index contributed by atoms with van der Waals surface area (Å²) in [6.45, 7) is 3.88. The lowest BCUT2D eigenvalue weighted by Crippen LogP contribution is -2.21. The van der Waals surface area contributed by atoms with Crippen LogP contribution in [0.15, 0.2) is 43.0 Å². The van der Waals surface area contributed by atoms with Gasteiger partial charge < -0.3 is 9.30 Å². The summed E-state index contributed by atoms with van der Waals surface area (Å²) in [6.07, 6.45) is 16.6. The van der Waals surface area contributed by atoms with E-state index < -0.39 is 0 Å². The molecule has 3 nitrogen and oxygen atoms in total. The zero-order chi connectivity index (χ0) is 18.5. The fourth-order valence-electron chi connectivity index (χ4n) is 3.15. The van der Waals surface area contributed by atoms with Crippen LogP contribution in [0, 0.1) is 5.82 Å². The van der Waals surface area contributed by atoms with Crippen molar-refractivity contribution in [3.63, 3.8) is 0 Å². The van der Waals surface area contributed by atoms with Gasteiger partial charge in [-0.3, -0.25) is 0 Å². The minimum atomic E-state index is -0.182. The summed E-state index contributed by atoms with van der Waals surface area (Å²) >= 11 is 0. The molecule has 0 radical (unpaired) electrons. The van der Waals surface area contributed by atoms with E-state index in [9.17, 15) is 4.39 Å². The maximum atomic E-state index is 13.0. The van der Waals surface area contributed by atoms with Gasteiger partial charge in [0.1, 0.15) is 5.82 Å². The number of ether oxygens (including phenoxy) is 1. The Hall–Kier alpha value is -1.68. The normalized spacial score (nSPS) is 12.4. The molecule has 2 rings (SSSR count). The lowest BCUT2D eigenvalue weighted by Gasteiger charge is -2.18. The number of imidazole rings is 1. The molecule has 0 aliphatic heterocycles. The van der Waals surface area contributed by atoms with E-state index in [1.807, 2.05) is 24.7 Å². The third kappa shape index (κ3) is 8.61. The average molecular weight is 361 g/mol. The van der Waals surface area contributed by atoms with E-state index in [-0.39, 0.29) is 11.9 Å². The number of rotatable bonds is 14. The lowest BCUT2D eigenvalue weighted by molar-refractivity contribution is 0.0336. The van der Waals surface area contributed by atoms with E-state index >= 15 is 0 Å². The fraction of sp³-hybridized carbons (Fsp3) is 0.591. The molecule has 1 heterocycles. The van der Waals surface area contributed by atoms with Crippen LogP contribution in [0.3, 0.4) is 0 Å². The predicted molar refractivity (Wildman–Crippen MR) is 105 cm³/mol. The number of aryl methyl sites for hydroxylation is 1. The molecule has 144 valence electrons. The molecule has 0 bridgehead atoms. The first-order chi connectivity index (χ1) is 12.8. The summed E-state index contributed by atoms with van der Waals surface area (Å²) in [5.41, 5.74) is 1.15. The highest BCUT2D eigenvalue weighted by atomic mass is 19.1. The summed E-state index contributed by atoms with van der Waals surface area (Å²) in [6, 6.07) is 6.78. The van der Waals surface area contributed by atoms with Crippen molar-refractivity contribution in [3.8, 4) is 0 Å². The summed E-state index contributed by atoms with van der Waals surface area (Å²) in [4.78, 5) is 4.11. The Balaban J connectivity index is 1.70. The van der Waals surface area contributed by atoms with Crippen LogP contribution in [-0.4, -0.2) is 22.3 Å². The van der Waals surface area contributed by atoms with Crippen LogP contribution in [0.4, 0.5) is 4.39 Å². The smallest absolute Gasteiger partial charge is 0.123 e. The molecule has 0 spiro atoms. The maximum Gasteiger partial charge on any atom is 0.123 e. The number of halogens is 1. The molecule has 0 amide bonds. The Bertz CT molecular complexity index is 568. The van der Waals surface area contributed by atoms with Crippen molar-refractivity contribution in [3.05, 3.63) is 54.4 Å². The molecular formula is C22H33FN2O. The Kier molecular flexibility index (Phi) is 10.0. The molecular weight excluding hydrogens is 327 g/mol. The summed E-state index contributed by atoms with van der Waals surface area (Å²) in [5.74, 6) is -0.182. The van der Waals surface area contributed by atoms with Gasteiger partial charge in [-0.25, -0.2) is 9.37 Å². The van der Waals surface area contributed by atoms with Gasteiger partial charge in [0.2, 0.25) is 0 Å². The zero-order valence-corrected chi connectivity index (χ0v) is 16.1. The highest BCUT2D eigenvalue weighted by Gasteiger charge is 2.10. The number of aromatic nitrogens is 2. The van der Waals surface area contributed by atoms with E-state index in [4.69, 9.17) is 4.74 Å². The highest BCUT2D eigenvalue weighted by molar-refractivity contribution is 5.16. The van der Waals surface area contributed by atoms with Gasteiger partial charge in [-0.1, -0.05) is 57.6 Å². The van der Waals surface area contributed by atoms with Gasteiger partial charge in [0.05, 0.1) is 12.4 Å². The molecule has 4 heteroatoms. The van der Waals surface area contributed by atoms with Crippen LogP contribution in [0.5, 0.6) is 0 Å². The summed E-state index contributed by atoms with van der Waals surface area (Å²) < 4.78 is 21.3. The Labute approximate surface area is 157 Å². The topological polar surface area (TPSA) is 27.1 Å². The van der Waals surface area contributed by atoms with Gasteiger partial charge in [-0.2, -0.15) is 0 Å². The number of unbranched alkanes of at least 4 members (excludes halogenated alkanes) is 6. The number of benzene rings is 1. The van der Waals surface area contributed by atoms with E-state index in [0.29, 0.717) is 0 Å². The van der Waals surface area contributed by atoms with Crippen LogP contribution in [0.2, 0.25) is 0 Å². The van der Waals surface area contributed by atoms with Crippen molar-refractivity contribution in [2.24, 2.45) is 0 Å². The molecule has 1 aromatic carbocycles. The predicted octanol–water partition coefficient (Wildman–Crippen LogP) is 5.79. The molecule has 0 aliphatic rings. The molecule has 2 aromatic rings. The minimum absolute atomic E-state index is 0.161. The largest absolute Gasteiger partial charge is 0.376 e. The van der Waals surface area contributed by atoms with Crippen LogP contribution in [0.25, 0.3) is 0 Å². The Morgan fingerprint density at radius 1 is 1.04 bits per heavy atom. The zero-order valence-electron chi connectivity index (χ0n) is 16.1. The van der Waals surface area contributed by atoms with Gasteiger partial charge in [0, 0.05) is 25.5 Å². The van der Waals surface area contributed by atoms with Crippen molar-refractivity contribution >= 4 is 0 Å². The Morgan fingerprint density at radius 2 is 1.77 bits per heavy atom. The molecule has 0 saturated carbocycles. The van der Waals surface area contributed by atoms with E-state index in [0.717, 1.165) is 38.0 Å². The number of hydrogen-bond acceptors (Lipinski definition) is 2. The minimum Gasteiger partial charge on any atom is -0.376 e. The van der Waals surface area contributed by atoms with Crippen molar-refractivity contribution in [2.75, 3.05) is 6.61 Å². The third-order valence-corrected chi connectivity index (χ3v) is 4.74. The molecule has 26 heavy (non-hydrogen) atoms. The van der Waals surface area contributed by atoms with Crippen molar-refractivity contribution in [1.82, 2.24) is 9.55 Å². The maximum absolute atomic E-state index is 13.0. The second-order valence-electron chi connectivity index (χ2n) is 7.04. The standard InChI is InChI=1S/C22H33FN2O/c1-2-3-4-5-6-7-8-17-26-22(18-25-16-15-24-19-25)14-11-20-9-12-21(23)13-10-20/h9-10,12-13,15-16,19,22H,2-8,11,14,17-18H2,1H3. The molecule has 0 fully saturated rings. The van der Waals surface area contributed by atoms with Crippen LogP contribution in [-0.2, 0) is 17.7 Å². The van der Waals surface area contributed by atoms with Gasteiger partial charge in [-0.05, 0) is 37.0 Å². The van der Waals surface area contributed by atoms with Crippen LogP contribution >= 0.6 is 0 Å². The second-order valence-corrected chi connectivity index (χ2v) is 7.04. The first kappa shape index (κ1) is 20.6. The van der Waals surface area contributed by atoms with Gasteiger partial charge in [-0.15, -0.1) is 0 Å². The molecule has 1 atom stereocenters. The SMILES string of the molecule is CCCCCCCCCOC(CCc1ccc(F)cc1)Cn1ccnc1. The summed E-state index contributed by atoms with van der Waals surface area (Å²) in [7, 11) is 0. The first-order valence-corrected chi connectivity index (χ1v) is 10.1. The highest BCUT2D eigenvalue weighted by Crippen LogP contribution is 2.13. The molecule has 0 aliphatic carbocycles. The first-order valence-electron chi connectivity index (χ1n) is 10.1. The third-order valence-electron chi connectivity index (χ3n) is 4.74. The van der Waals surface area contributed by atoms with Gasteiger partial charge in [0.25, 0.3) is 0 Å². The average Bonchev–Trinajstić information content (AvgIpc) is 3.16. The van der Waals surface area contributed by atoms with E-state index in [2.05, 4.69) is 16.5 Å². The van der Waals surface area contributed by atoms with Crippen molar-refractivity contribution < 1.29 is 9.13 Å². The summed E-state index contributed by atoms with van der Waals surface area (Å²) in [5, 5.41) is 0. The van der Waals surface area contributed by atoms with Crippen molar-refractivity contribution in [2.45, 2.75) is 77.4 Å². The van der Waals surface area contributed by atoms with Gasteiger partial charge >= 0.3 is 0 Å². The molecule has 1 unspecified atom stereocenters. The molecule has 0 saturated heterocycles. The van der Waals surface area contributed by atoms with E-state index in [1.54, 1.807) is 6.20 Å². The van der Waals surface area contributed by atoms with Crippen LogP contribution in [0.1, 0.15) is 63.9 Å². The Morgan fingerprint density at radius 3 is 2.46 bits per heavy atom. The van der Waals surface area contributed by atoms with E-state index in [1.165, 1.54) is 50.7 Å². The van der Waals surface area contributed by atoms with Crippen molar-refractivity contribution in [1.29, 1.82) is 0 Å². The monoisotopic (exact) mass is 360 g/mol. The van der Waals surface area contributed by atoms with Gasteiger partial charge in [0.15, 0.2) is 0 Å². The lowest BCUT2D eigenvalue weighted by atomic mass is 10.1. The fourth-order valence-corrected chi connectivity index (χ4v) is 3.15. The number of nitrogens with zero attached hydrogens (tertiary/aromatic N) is 2.